The van der Waals surface area contributed by atoms with Crippen LogP contribution in [0.3, 0.4) is 0 Å². The molecule has 0 radical (unpaired) electrons. The molecule has 0 aliphatic rings. The van der Waals surface area contributed by atoms with Gasteiger partial charge in [-0.2, -0.15) is 0 Å². The maximum absolute atomic E-state index is 6.29. The third kappa shape index (κ3) is 3.09. The van der Waals surface area contributed by atoms with Crippen LogP contribution in [-0.2, 0) is 11.3 Å². The van der Waals surface area contributed by atoms with Gasteiger partial charge in [-0.05, 0) is 36.8 Å². The van der Waals surface area contributed by atoms with Crippen molar-refractivity contribution in [3.05, 3.63) is 51.8 Å². The number of halogens is 2. The zero-order valence-corrected chi connectivity index (χ0v) is 15.8. The van der Waals surface area contributed by atoms with Gasteiger partial charge in [-0.25, -0.2) is 9.97 Å². The molecule has 2 aromatic carbocycles. The summed E-state index contributed by atoms with van der Waals surface area (Å²) in [7, 11) is 1.64. The highest BCUT2D eigenvalue weighted by Crippen LogP contribution is 2.38. The Morgan fingerprint density at radius 3 is 2.72 bits per heavy atom. The van der Waals surface area contributed by atoms with Crippen LogP contribution in [-0.4, -0.2) is 22.1 Å². The van der Waals surface area contributed by atoms with Gasteiger partial charge in [-0.3, -0.25) is 4.98 Å². The van der Waals surface area contributed by atoms with Crippen molar-refractivity contribution in [2.45, 2.75) is 13.5 Å². The number of rotatable bonds is 3. The van der Waals surface area contributed by atoms with Crippen molar-refractivity contribution in [3.63, 3.8) is 0 Å². The number of benzene rings is 2. The maximum Gasteiger partial charge on any atom is 0.126 e. The first-order valence-corrected chi connectivity index (χ1v) is 9.13. The maximum atomic E-state index is 6.29. The normalized spacial score (nSPS) is 11.5. The molecule has 0 N–H and O–H groups in total. The lowest BCUT2D eigenvalue weighted by atomic mass is 10.1. The fourth-order valence-electron chi connectivity index (χ4n) is 2.76. The van der Waals surface area contributed by atoms with Crippen LogP contribution in [0.25, 0.3) is 31.8 Å². The second-order valence-corrected chi connectivity index (χ2v) is 7.60. The predicted molar refractivity (Wildman–Crippen MR) is 104 cm³/mol. The Labute approximate surface area is 158 Å². The highest BCUT2D eigenvalue weighted by molar-refractivity contribution is 7.21. The van der Waals surface area contributed by atoms with Gasteiger partial charge in [0.25, 0.3) is 0 Å². The topological polar surface area (TPSA) is 47.9 Å². The largest absolute Gasteiger partial charge is 0.378 e. The molecule has 4 nitrogen and oxygen atoms in total. The highest BCUT2D eigenvalue weighted by Gasteiger charge is 2.15. The minimum atomic E-state index is 0.432. The second-order valence-electron chi connectivity index (χ2n) is 5.73. The van der Waals surface area contributed by atoms with Gasteiger partial charge in [0.05, 0.1) is 39.3 Å². The Kier molecular flexibility index (Phi) is 4.33. The Balaban J connectivity index is 1.95. The first kappa shape index (κ1) is 16.7. The van der Waals surface area contributed by atoms with E-state index in [9.17, 15) is 0 Å². The molecule has 25 heavy (non-hydrogen) atoms. The predicted octanol–water partition coefficient (Wildman–Crippen LogP) is 5.67. The lowest BCUT2D eigenvalue weighted by molar-refractivity contribution is 0.181. The number of hydrogen-bond donors (Lipinski definition) is 0. The molecule has 0 saturated heterocycles. The number of ether oxygens (including phenoxy) is 1. The number of nitrogens with zero attached hydrogens (tertiary/aromatic N) is 3. The minimum Gasteiger partial charge on any atom is -0.378 e. The SMILES string of the molecule is COCc1cnc2c(-c3nc4c(Cl)cc(Cl)cc4s3)cc(C)cc2n1. The number of methoxy groups -OCH3 is 1. The lowest BCUT2D eigenvalue weighted by Crippen LogP contribution is -1.96. The molecule has 0 spiro atoms. The zero-order chi connectivity index (χ0) is 17.6. The van der Waals surface area contributed by atoms with Gasteiger partial charge in [-0.15, -0.1) is 11.3 Å². The number of aryl methyl sites for hydroxylation is 1. The molecule has 126 valence electrons. The van der Waals surface area contributed by atoms with Crippen LogP contribution in [0, 0.1) is 6.92 Å². The lowest BCUT2D eigenvalue weighted by Gasteiger charge is -2.06. The van der Waals surface area contributed by atoms with E-state index >= 15 is 0 Å². The van der Waals surface area contributed by atoms with Crippen LogP contribution >= 0.6 is 34.5 Å². The Morgan fingerprint density at radius 1 is 1.08 bits per heavy atom. The summed E-state index contributed by atoms with van der Waals surface area (Å²) in [4.78, 5) is 13.9. The summed E-state index contributed by atoms with van der Waals surface area (Å²) in [5.41, 5.74) is 5.23. The first-order valence-electron chi connectivity index (χ1n) is 7.56. The molecule has 0 aliphatic carbocycles. The molecule has 4 rings (SSSR count). The molecular formula is C18H13Cl2N3OS. The van der Waals surface area contributed by atoms with E-state index in [4.69, 9.17) is 32.9 Å². The van der Waals surface area contributed by atoms with Crippen molar-refractivity contribution < 1.29 is 4.74 Å². The van der Waals surface area contributed by atoms with E-state index in [0.29, 0.717) is 16.7 Å². The van der Waals surface area contributed by atoms with Gasteiger partial charge in [0.1, 0.15) is 10.5 Å². The van der Waals surface area contributed by atoms with Crippen LogP contribution < -0.4 is 0 Å². The molecule has 7 heteroatoms. The summed E-state index contributed by atoms with van der Waals surface area (Å²) in [6.45, 7) is 2.46. The van der Waals surface area contributed by atoms with Crippen molar-refractivity contribution in [2.75, 3.05) is 7.11 Å². The summed E-state index contributed by atoms with van der Waals surface area (Å²) in [5, 5.41) is 2.00. The standard InChI is InChI=1S/C18H13Cl2N3OS/c1-9-3-12(16-14(4-9)22-11(7-21-16)8-24-2)18-23-17-13(20)5-10(19)6-15(17)25-18/h3-7H,8H2,1-2H3. The van der Waals surface area contributed by atoms with Gasteiger partial charge in [0.15, 0.2) is 0 Å². The average molecular weight is 390 g/mol. The average Bonchev–Trinajstić information content (AvgIpc) is 2.98. The third-order valence-corrected chi connectivity index (χ3v) is 5.32. The quantitative estimate of drug-likeness (QED) is 0.452. The van der Waals surface area contributed by atoms with E-state index in [1.165, 1.54) is 0 Å². The summed E-state index contributed by atoms with van der Waals surface area (Å²) in [6.07, 6.45) is 1.74. The van der Waals surface area contributed by atoms with E-state index in [2.05, 4.69) is 16.0 Å². The van der Waals surface area contributed by atoms with Crippen LogP contribution in [0.15, 0.2) is 30.5 Å². The fourth-order valence-corrected chi connectivity index (χ4v) is 4.46. The van der Waals surface area contributed by atoms with Crippen molar-refractivity contribution in [2.24, 2.45) is 0 Å². The monoisotopic (exact) mass is 389 g/mol. The Bertz CT molecular complexity index is 1110. The number of thiazole rings is 1. The number of hydrogen-bond acceptors (Lipinski definition) is 5. The molecule has 2 aromatic heterocycles. The second kappa shape index (κ2) is 6.50. The molecule has 4 aromatic rings. The fraction of sp³-hybridized carbons (Fsp3) is 0.167. The molecule has 0 atom stereocenters. The van der Waals surface area contributed by atoms with Crippen LogP contribution in [0.1, 0.15) is 11.3 Å². The molecule has 0 aliphatic heterocycles. The van der Waals surface area contributed by atoms with Crippen molar-refractivity contribution in [1.82, 2.24) is 15.0 Å². The number of fused-ring (bicyclic) bond motifs is 2. The third-order valence-electron chi connectivity index (χ3n) is 3.78. The molecule has 0 unspecified atom stereocenters. The number of aromatic nitrogens is 3. The van der Waals surface area contributed by atoms with E-state index in [-0.39, 0.29) is 0 Å². The van der Waals surface area contributed by atoms with E-state index < -0.39 is 0 Å². The van der Waals surface area contributed by atoms with Crippen LogP contribution in [0.4, 0.5) is 0 Å². The first-order chi connectivity index (χ1) is 12.0. The molecular weight excluding hydrogens is 377 g/mol. The van der Waals surface area contributed by atoms with E-state index in [0.717, 1.165) is 43.1 Å². The van der Waals surface area contributed by atoms with Crippen molar-refractivity contribution in [1.29, 1.82) is 0 Å². The smallest absolute Gasteiger partial charge is 0.126 e. The Morgan fingerprint density at radius 2 is 1.92 bits per heavy atom. The summed E-state index contributed by atoms with van der Waals surface area (Å²) >= 11 is 13.9. The van der Waals surface area contributed by atoms with E-state index in [1.54, 1.807) is 30.7 Å². The van der Waals surface area contributed by atoms with Gasteiger partial charge in [0.2, 0.25) is 0 Å². The van der Waals surface area contributed by atoms with Crippen LogP contribution in [0.5, 0.6) is 0 Å². The Hall–Kier alpha value is -1.79. The molecule has 0 bridgehead atoms. The van der Waals surface area contributed by atoms with Gasteiger partial charge < -0.3 is 4.74 Å². The highest BCUT2D eigenvalue weighted by atomic mass is 35.5. The summed E-state index contributed by atoms with van der Waals surface area (Å²) in [5.74, 6) is 0. The molecule has 0 fully saturated rings. The minimum absolute atomic E-state index is 0.432. The van der Waals surface area contributed by atoms with E-state index in [1.807, 2.05) is 19.1 Å². The molecule has 2 heterocycles. The van der Waals surface area contributed by atoms with Gasteiger partial charge in [0, 0.05) is 17.7 Å². The molecule has 0 amide bonds. The van der Waals surface area contributed by atoms with Crippen molar-refractivity contribution >= 4 is 55.8 Å². The van der Waals surface area contributed by atoms with Gasteiger partial charge >= 0.3 is 0 Å². The zero-order valence-electron chi connectivity index (χ0n) is 13.5. The molecule has 0 saturated carbocycles. The van der Waals surface area contributed by atoms with Gasteiger partial charge in [-0.1, -0.05) is 23.2 Å². The van der Waals surface area contributed by atoms with Crippen LogP contribution in [0.2, 0.25) is 10.0 Å². The van der Waals surface area contributed by atoms with Crippen molar-refractivity contribution in [3.8, 4) is 10.6 Å². The summed E-state index contributed by atoms with van der Waals surface area (Å²) < 4.78 is 6.10. The summed E-state index contributed by atoms with van der Waals surface area (Å²) in [6, 6.07) is 7.67.